The maximum Gasteiger partial charge on any atom is 0.405 e. The lowest BCUT2D eigenvalue weighted by molar-refractivity contribution is -0.133. The lowest BCUT2D eigenvalue weighted by atomic mass is 10.1. The number of aromatic nitrogens is 3. The number of nitrogens with zero attached hydrogens (tertiary/aromatic N) is 4. The molecule has 0 radical (unpaired) electrons. The van der Waals surface area contributed by atoms with Crippen LogP contribution in [0.25, 0.3) is 0 Å². The molecule has 13 heteroatoms. The van der Waals surface area contributed by atoms with Crippen molar-refractivity contribution in [1.29, 1.82) is 0 Å². The summed E-state index contributed by atoms with van der Waals surface area (Å²) in [4.78, 5) is 63.7. The van der Waals surface area contributed by atoms with E-state index in [2.05, 4.69) is 40.5 Å². The summed E-state index contributed by atoms with van der Waals surface area (Å²) in [6, 6.07) is 21.7. The molecule has 3 heterocycles. The van der Waals surface area contributed by atoms with E-state index in [-0.39, 0.29) is 11.8 Å². The molecule has 0 aliphatic carbocycles. The van der Waals surface area contributed by atoms with Gasteiger partial charge in [0, 0.05) is 50.5 Å². The summed E-state index contributed by atoms with van der Waals surface area (Å²) in [6.07, 6.45) is 3.46. The number of hydrogen-bond acceptors (Lipinski definition) is 9. The summed E-state index contributed by atoms with van der Waals surface area (Å²) in [5.41, 5.74) is 9.59. The molecule has 0 spiro atoms. The average molecular weight is 639 g/mol. The monoisotopic (exact) mass is 638 g/mol. The highest BCUT2D eigenvalue weighted by molar-refractivity contribution is 6.04. The van der Waals surface area contributed by atoms with Crippen molar-refractivity contribution in [3.63, 3.8) is 0 Å². The van der Waals surface area contributed by atoms with Gasteiger partial charge in [-0.25, -0.2) is 4.79 Å². The Labute approximate surface area is 273 Å². The number of carbonyl (C=O) groups excluding carboxylic acids is 4. The fourth-order valence-electron chi connectivity index (χ4n) is 4.56. The number of hydrogen-bond donors (Lipinski definition) is 4. The maximum atomic E-state index is 12.9. The Kier molecular flexibility index (Phi) is 12.5. The van der Waals surface area contributed by atoms with Gasteiger partial charge in [0.25, 0.3) is 11.8 Å². The Bertz CT molecular complexity index is 1580. The number of carbonyl (C=O) groups is 4. The van der Waals surface area contributed by atoms with Crippen LogP contribution in [0.15, 0.2) is 91.4 Å². The van der Waals surface area contributed by atoms with Gasteiger partial charge < -0.3 is 26.4 Å². The maximum absolute atomic E-state index is 12.9. The number of amides is 4. The molecule has 3 aromatic heterocycles. The van der Waals surface area contributed by atoms with Crippen molar-refractivity contribution in [1.82, 2.24) is 30.5 Å². The largest absolute Gasteiger partial charge is 0.437 e. The Morgan fingerprint density at radius 2 is 1.40 bits per heavy atom. The van der Waals surface area contributed by atoms with Crippen LogP contribution >= 0.6 is 0 Å². The molecule has 1 aromatic carbocycles. The summed E-state index contributed by atoms with van der Waals surface area (Å²) in [5.74, 6) is -1.30. The third kappa shape index (κ3) is 11.3. The zero-order valence-electron chi connectivity index (χ0n) is 26.3. The van der Waals surface area contributed by atoms with Crippen LogP contribution in [0.1, 0.15) is 46.9 Å². The first-order chi connectivity index (χ1) is 22.7. The Hall–Kier alpha value is -5.69. The van der Waals surface area contributed by atoms with Gasteiger partial charge in [-0.1, -0.05) is 24.3 Å². The van der Waals surface area contributed by atoms with E-state index in [1.807, 2.05) is 54.6 Å². The molecule has 0 saturated heterocycles. The van der Waals surface area contributed by atoms with E-state index in [1.165, 1.54) is 13.8 Å². The third-order valence-corrected chi connectivity index (χ3v) is 7.03. The predicted octanol–water partition coefficient (Wildman–Crippen LogP) is 2.97. The average Bonchev–Trinajstić information content (AvgIpc) is 3.06. The number of pyridine rings is 3. The summed E-state index contributed by atoms with van der Waals surface area (Å²) in [7, 11) is 0. The fourth-order valence-corrected chi connectivity index (χ4v) is 4.56. The van der Waals surface area contributed by atoms with E-state index < -0.39 is 24.1 Å². The topological polar surface area (TPSA) is 182 Å². The van der Waals surface area contributed by atoms with E-state index in [9.17, 15) is 19.2 Å². The summed E-state index contributed by atoms with van der Waals surface area (Å²) in [5, 5.41) is 8.10. The number of ether oxygens (including phenoxy) is 1. The fraction of sp³-hybridized carbons (Fsp3) is 0.265. The van der Waals surface area contributed by atoms with Gasteiger partial charge in [0.2, 0.25) is 5.91 Å². The Morgan fingerprint density at radius 1 is 0.787 bits per heavy atom. The minimum atomic E-state index is -1.11. The standard InChI is InChI=1S/C34H38N8O5/c1-23(40-32(44)24(2)47-34(35)46)31(43)38-18-15-25-9-12-27(13-10-25)41-33(45)26-11-14-30(39-19-26)22-42(20-28-7-3-5-16-36-28)21-29-8-4-6-17-37-29/h3-14,16-17,19,23-24H,15,18,20-22H2,1-2H3,(H2,35,46)(H,38,43)(H,40,44)(H,41,45)/t23-,24-/m1/s1. The second-order valence-electron chi connectivity index (χ2n) is 10.8. The first kappa shape index (κ1) is 34.2. The summed E-state index contributed by atoms with van der Waals surface area (Å²) >= 11 is 0. The highest BCUT2D eigenvalue weighted by Gasteiger charge is 2.21. The SMILES string of the molecule is C[C@@H](NC(=O)[C@@H](C)OC(N)=O)C(=O)NCCc1ccc(NC(=O)c2ccc(CN(Cc3ccccn3)Cc3ccccn3)nc2)cc1. The van der Waals surface area contributed by atoms with Crippen LogP contribution in [0.4, 0.5) is 10.5 Å². The van der Waals surface area contributed by atoms with Crippen LogP contribution in [-0.4, -0.2) is 62.4 Å². The van der Waals surface area contributed by atoms with Crippen LogP contribution in [0.5, 0.6) is 0 Å². The molecule has 0 aliphatic heterocycles. The first-order valence-corrected chi connectivity index (χ1v) is 15.1. The predicted molar refractivity (Wildman–Crippen MR) is 175 cm³/mol. The van der Waals surface area contributed by atoms with Gasteiger partial charge >= 0.3 is 6.09 Å². The van der Waals surface area contributed by atoms with Crippen LogP contribution in [0, 0.1) is 0 Å². The van der Waals surface area contributed by atoms with E-state index in [0.29, 0.717) is 43.9 Å². The van der Waals surface area contributed by atoms with Gasteiger partial charge in [-0.2, -0.15) is 0 Å². The molecule has 4 rings (SSSR count). The minimum Gasteiger partial charge on any atom is -0.437 e. The van der Waals surface area contributed by atoms with Crippen molar-refractivity contribution < 1.29 is 23.9 Å². The number of benzene rings is 1. The molecule has 4 amide bonds. The summed E-state index contributed by atoms with van der Waals surface area (Å²) in [6.45, 7) is 5.00. The number of nitrogens with two attached hydrogens (primary N) is 1. The van der Waals surface area contributed by atoms with Crippen LogP contribution < -0.4 is 21.7 Å². The number of primary amides is 1. The lowest BCUT2D eigenvalue weighted by Crippen LogP contribution is -2.48. The highest BCUT2D eigenvalue weighted by atomic mass is 16.6. The van der Waals surface area contributed by atoms with Crippen molar-refractivity contribution in [2.24, 2.45) is 5.73 Å². The molecule has 244 valence electrons. The molecule has 0 saturated carbocycles. The molecule has 0 bridgehead atoms. The zero-order valence-corrected chi connectivity index (χ0v) is 26.3. The molecule has 0 fully saturated rings. The van der Waals surface area contributed by atoms with Gasteiger partial charge in [0.1, 0.15) is 6.04 Å². The molecular formula is C34H38N8O5. The molecule has 0 unspecified atom stereocenters. The summed E-state index contributed by atoms with van der Waals surface area (Å²) < 4.78 is 4.60. The van der Waals surface area contributed by atoms with Gasteiger partial charge in [0.05, 0.1) is 22.6 Å². The second kappa shape index (κ2) is 17.1. The number of rotatable bonds is 15. The number of anilines is 1. The van der Waals surface area contributed by atoms with E-state index >= 15 is 0 Å². The zero-order chi connectivity index (χ0) is 33.6. The molecule has 13 nitrogen and oxygen atoms in total. The third-order valence-electron chi connectivity index (χ3n) is 7.03. The Balaban J connectivity index is 1.24. The van der Waals surface area contributed by atoms with Gasteiger partial charge in [-0.05, 0) is 74.4 Å². The molecule has 5 N–H and O–H groups in total. The molecule has 4 aromatic rings. The molecular weight excluding hydrogens is 600 g/mol. The van der Waals surface area contributed by atoms with Crippen LogP contribution in [0.2, 0.25) is 0 Å². The van der Waals surface area contributed by atoms with Crippen molar-refractivity contribution >= 4 is 29.5 Å². The second-order valence-corrected chi connectivity index (χ2v) is 10.8. The van der Waals surface area contributed by atoms with Crippen LogP contribution in [0.3, 0.4) is 0 Å². The Morgan fingerprint density at radius 3 is 1.94 bits per heavy atom. The highest BCUT2D eigenvalue weighted by Crippen LogP contribution is 2.14. The van der Waals surface area contributed by atoms with Crippen LogP contribution in [-0.2, 0) is 40.4 Å². The van der Waals surface area contributed by atoms with Gasteiger partial charge in [0.15, 0.2) is 6.10 Å². The van der Waals surface area contributed by atoms with Crippen molar-refractivity contribution in [3.05, 3.63) is 120 Å². The van der Waals surface area contributed by atoms with E-state index in [4.69, 9.17) is 5.73 Å². The normalized spacial score (nSPS) is 12.1. The minimum absolute atomic E-state index is 0.283. The van der Waals surface area contributed by atoms with E-state index in [1.54, 1.807) is 36.8 Å². The van der Waals surface area contributed by atoms with E-state index in [0.717, 1.165) is 22.6 Å². The molecule has 0 aliphatic rings. The number of nitrogens with one attached hydrogen (secondary N) is 3. The molecule has 47 heavy (non-hydrogen) atoms. The van der Waals surface area contributed by atoms with Crippen molar-refractivity contribution in [2.75, 3.05) is 11.9 Å². The molecule has 2 atom stereocenters. The quantitative estimate of drug-likeness (QED) is 0.152. The lowest BCUT2D eigenvalue weighted by Gasteiger charge is -2.21. The first-order valence-electron chi connectivity index (χ1n) is 15.1. The van der Waals surface area contributed by atoms with Gasteiger partial charge in [-0.3, -0.25) is 34.2 Å². The van der Waals surface area contributed by atoms with Gasteiger partial charge in [-0.15, -0.1) is 0 Å². The smallest absolute Gasteiger partial charge is 0.405 e. The van der Waals surface area contributed by atoms with Crippen molar-refractivity contribution in [2.45, 2.75) is 52.0 Å². The van der Waals surface area contributed by atoms with Crippen molar-refractivity contribution in [3.8, 4) is 0 Å².